The van der Waals surface area contributed by atoms with Crippen LogP contribution in [0.2, 0.25) is 0 Å². The van der Waals surface area contributed by atoms with Crippen LogP contribution in [0, 0.1) is 0 Å². The number of carbonyl (C=O) groups is 2. The van der Waals surface area contributed by atoms with E-state index in [-0.39, 0.29) is 45.8 Å². The molecule has 1 aliphatic carbocycles. The lowest BCUT2D eigenvalue weighted by Gasteiger charge is -2.25. The van der Waals surface area contributed by atoms with E-state index in [0.717, 1.165) is 17.0 Å². The standard InChI is InChI=1S/C27H28N2O5/c1-5-29(13-12-23(31)32)16-10-11-17(21(30)14-16)24-25(33)18(26(24)34)15-22-27(2,3)19-8-6-7-9-20(19)28(22)4/h6-11,14-15H,5,12-13H2,1-4H3,(H2,31,32,33,34)/p+1. The number of aliphatic hydroxyl groups excluding tert-OH is 1. The summed E-state index contributed by atoms with van der Waals surface area (Å²) < 4.78 is 2.03. The largest absolute Gasteiger partial charge is 0.507 e. The highest BCUT2D eigenvalue weighted by molar-refractivity contribution is 6.40. The lowest BCUT2D eigenvalue weighted by Crippen LogP contribution is -2.30. The van der Waals surface area contributed by atoms with Gasteiger partial charge in [-0.1, -0.05) is 18.2 Å². The van der Waals surface area contributed by atoms with Crippen LogP contribution in [0.3, 0.4) is 0 Å². The number of phenolic OH excluding ortho intramolecular Hbond substituents is 1. The quantitative estimate of drug-likeness (QED) is 0.423. The molecule has 1 heterocycles. The number of para-hydroxylation sites is 1. The monoisotopic (exact) mass is 461 g/mol. The molecular formula is C27H29N2O5+. The first-order valence-corrected chi connectivity index (χ1v) is 11.3. The zero-order chi connectivity index (χ0) is 24.8. The Morgan fingerprint density at radius 3 is 2.44 bits per heavy atom. The fourth-order valence-electron chi connectivity index (χ4n) is 4.83. The maximum absolute atomic E-state index is 13.1. The summed E-state index contributed by atoms with van der Waals surface area (Å²) in [5.74, 6) is -1.50. The number of benzene rings is 2. The van der Waals surface area contributed by atoms with Crippen LogP contribution in [-0.4, -0.2) is 57.5 Å². The molecule has 0 unspecified atom stereocenters. The molecule has 34 heavy (non-hydrogen) atoms. The number of phenols is 1. The Balaban J connectivity index is 1.66. The van der Waals surface area contributed by atoms with Crippen LogP contribution >= 0.6 is 0 Å². The normalized spacial score (nSPS) is 17.8. The van der Waals surface area contributed by atoms with Crippen LogP contribution in [-0.2, 0) is 15.0 Å². The summed E-state index contributed by atoms with van der Waals surface area (Å²) in [4.78, 5) is 25.8. The Morgan fingerprint density at radius 2 is 1.85 bits per heavy atom. The van der Waals surface area contributed by atoms with E-state index in [4.69, 9.17) is 5.11 Å². The minimum absolute atomic E-state index is 0.0254. The summed E-state index contributed by atoms with van der Waals surface area (Å²) in [5, 5.41) is 30.4. The molecule has 0 bridgehead atoms. The Morgan fingerprint density at radius 1 is 1.15 bits per heavy atom. The van der Waals surface area contributed by atoms with E-state index in [0.29, 0.717) is 18.8 Å². The van der Waals surface area contributed by atoms with Gasteiger partial charge in [-0.3, -0.25) is 9.59 Å². The molecule has 0 spiro atoms. The van der Waals surface area contributed by atoms with E-state index >= 15 is 0 Å². The summed E-state index contributed by atoms with van der Waals surface area (Å²) in [7, 11) is 1.94. The molecule has 0 saturated carbocycles. The van der Waals surface area contributed by atoms with Gasteiger partial charge in [-0.2, -0.15) is 4.58 Å². The SMILES string of the molecule is CCN(CCC(=O)O)c1ccc(C2=C(O)/C(=C/C3=[N+](C)c4ccccc4C3(C)C)C2=O)c(O)c1. The number of aromatic hydroxyl groups is 1. The third-order valence-electron chi connectivity index (χ3n) is 6.78. The van der Waals surface area contributed by atoms with E-state index in [1.54, 1.807) is 18.2 Å². The van der Waals surface area contributed by atoms with Crippen molar-refractivity contribution in [2.45, 2.75) is 32.6 Å². The van der Waals surface area contributed by atoms with Crippen LogP contribution < -0.4 is 4.90 Å². The van der Waals surface area contributed by atoms with E-state index in [1.165, 1.54) is 6.07 Å². The number of rotatable bonds is 7. The smallest absolute Gasteiger partial charge is 0.305 e. The van der Waals surface area contributed by atoms with Gasteiger partial charge in [-0.15, -0.1) is 0 Å². The maximum Gasteiger partial charge on any atom is 0.305 e. The van der Waals surface area contributed by atoms with Gasteiger partial charge in [0, 0.05) is 48.1 Å². The third kappa shape index (κ3) is 3.67. The van der Waals surface area contributed by atoms with Crippen molar-refractivity contribution in [3.8, 4) is 5.75 Å². The topological polar surface area (TPSA) is 101 Å². The molecule has 2 aliphatic rings. The molecule has 0 atom stereocenters. The summed E-state index contributed by atoms with van der Waals surface area (Å²) in [6.45, 7) is 6.93. The molecule has 7 nitrogen and oxygen atoms in total. The van der Waals surface area contributed by atoms with Crippen LogP contribution in [0.4, 0.5) is 11.4 Å². The number of hydrogen-bond acceptors (Lipinski definition) is 5. The second-order valence-electron chi connectivity index (χ2n) is 9.12. The van der Waals surface area contributed by atoms with Crippen molar-refractivity contribution >= 4 is 34.4 Å². The Labute approximate surface area is 198 Å². The molecule has 0 aromatic heterocycles. The Bertz CT molecular complexity index is 1300. The molecule has 176 valence electrons. The van der Waals surface area contributed by atoms with Crippen molar-refractivity contribution in [1.82, 2.24) is 0 Å². The summed E-state index contributed by atoms with van der Waals surface area (Å²) in [5.41, 5.74) is 3.98. The van der Waals surface area contributed by atoms with Gasteiger partial charge in [-0.05, 0) is 32.9 Å². The number of carboxylic acid groups (broad SMARTS) is 1. The van der Waals surface area contributed by atoms with Crippen molar-refractivity contribution < 1.29 is 29.5 Å². The number of allylic oxidation sites excluding steroid dienone is 3. The molecular weight excluding hydrogens is 432 g/mol. The number of aliphatic carboxylic acids is 1. The average Bonchev–Trinajstić information content (AvgIpc) is 2.99. The highest BCUT2D eigenvalue weighted by Gasteiger charge is 2.45. The first-order valence-electron chi connectivity index (χ1n) is 11.3. The zero-order valence-electron chi connectivity index (χ0n) is 19.8. The number of fused-ring (bicyclic) bond motifs is 1. The van der Waals surface area contributed by atoms with Gasteiger partial charge in [0.1, 0.15) is 18.6 Å². The summed E-state index contributed by atoms with van der Waals surface area (Å²) in [6.07, 6.45) is 1.71. The number of aliphatic hydroxyl groups is 1. The van der Waals surface area contributed by atoms with Gasteiger partial charge < -0.3 is 20.2 Å². The molecule has 0 fully saturated rings. The zero-order valence-corrected chi connectivity index (χ0v) is 19.8. The predicted octanol–water partition coefficient (Wildman–Crippen LogP) is 4.18. The lowest BCUT2D eigenvalue weighted by atomic mass is 9.77. The molecule has 0 amide bonds. The number of anilines is 1. The number of nitrogens with zero attached hydrogens (tertiary/aromatic N) is 2. The Kier molecular flexibility index (Phi) is 5.81. The van der Waals surface area contributed by atoms with Crippen molar-refractivity contribution in [3.05, 3.63) is 71.0 Å². The molecule has 7 heteroatoms. The first-order chi connectivity index (χ1) is 16.1. The highest BCUT2D eigenvalue weighted by Crippen LogP contribution is 2.44. The van der Waals surface area contributed by atoms with Gasteiger partial charge in [0.15, 0.2) is 5.71 Å². The van der Waals surface area contributed by atoms with Crippen molar-refractivity contribution in [1.29, 1.82) is 0 Å². The number of ketones is 1. The van der Waals surface area contributed by atoms with E-state index in [1.807, 2.05) is 41.6 Å². The van der Waals surface area contributed by atoms with Gasteiger partial charge in [-0.25, -0.2) is 0 Å². The van der Waals surface area contributed by atoms with Gasteiger partial charge in [0.05, 0.1) is 23.0 Å². The molecule has 0 radical (unpaired) electrons. The van der Waals surface area contributed by atoms with Gasteiger partial charge >= 0.3 is 5.97 Å². The van der Waals surface area contributed by atoms with Crippen molar-refractivity contribution in [3.63, 3.8) is 0 Å². The molecule has 4 rings (SSSR count). The highest BCUT2D eigenvalue weighted by atomic mass is 16.4. The average molecular weight is 462 g/mol. The van der Waals surface area contributed by atoms with Crippen LogP contribution in [0.1, 0.15) is 38.3 Å². The predicted molar refractivity (Wildman–Crippen MR) is 131 cm³/mol. The van der Waals surface area contributed by atoms with Gasteiger partial charge in [0.25, 0.3) is 0 Å². The first kappa shape index (κ1) is 23.3. The second-order valence-corrected chi connectivity index (χ2v) is 9.12. The van der Waals surface area contributed by atoms with Crippen LogP contribution in [0.25, 0.3) is 5.57 Å². The summed E-state index contributed by atoms with van der Waals surface area (Å²) >= 11 is 0. The minimum Gasteiger partial charge on any atom is -0.507 e. The molecule has 1 aliphatic heterocycles. The maximum atomic E-state index is 13.1. The van der Waals surface area contributed by atoms with E-state index in [9.17, 15) is 19.8 Å². The lowest BCUT2D eigenvalue weighted by molar-refractivity contribution is -0.401. The number of Topliss-reactive ketones (excluding diaryl/α,β-unsaturated/α-hetero) is 1. The fourth-order valence-corrected chi connectivity index (χ4v) is 4.83. The van der Waals surface area contributed by atoms with Crippen LogP contribution in [0.15, 0.2) is 59.9 Å². The second kappa shape index (κ2) is 8.48. The molecule has 2 aromatic rings. The molecule has 3 N–H and O–H groups in total. The number of carboxylic acids is 1. The number of carbonyl (C=O) groups excluding carboxylic acids is 1. The third-order valence-corrected chi connectivity index (χ3v) is 6.78. The van der Waals surface area contributed by atoms with E-state index in [2.05, 4.69) is 19.9 Å². The van der Waals surface area contributed by atoms with Crippen molar-refractivity contribution in [2.24, 2.45) is 0 Å². The fraction of sp³-hybridized carbons (Fsp3) is 0.296. The van der Waals surface area contributed by atoms with Gasteiger partial charge in [0.2, 0.25) is 11.5 Å². The van der Waals surface area contributed by atoms with Crippen molar-refractivity contribution in [2.75, 3.05) is 25.0 Å². The molecule has 2 aromatic carbocycles. The van der Waals surface area contributed by atoms with E-state index < -0.39 is 5.97 Å². The van der Waals surface area contributed by atoms with Crippen LogP contribution in [0.5, 0.6) is 5.75 Å². The number of hydrogen-bond donors (Lipinski definition) is 3. The molecule has 0 saturated heterocycles. The summed E-state index contributed by atoms with van der Waals surface area (Å²) in [6, 6.07) is 12.9. The minimum atomic E-state index is -0.897. The Hall–Kier alpha value is -3.87.